The summed E-state index contributed by atoms with van der Waals surface area (Å²) in [6.07, 6.45) is 1.10. The number of aryl methyl sites for hydroxylation is 1. The van der Waals surface area contributed by atoms with Gasteiger partial charge in [-0.15, -0.1) is 0 Å². The highest BCUT2D eigenvalue weighted by atomic mass is 16.5. The fraction of sp³-hybridized carbons (Fsp3) is 0.417. The summed E-state index contributed by atoms with van der Waals surface area (Å²) in [5.74, 6) is 0.830. The van der Waals surface area contributed by atoms with Crippen molar-refractivity contribution in [1.82, 2.24) is 0 Å². The first-order valence-corrected chi connectivity index (χ1v) is 4.94. The quantitative estimate of drug-likeness (QED) is 0.798. The van der Waals surface area contributed by atoms with Crippen molar-refractivity contribution >= 4 is 0 Å². The zero-order valence-corrected chi connectivity index (χ0v) is 8.81. The molecule has 15 heavy (non-hydrogen) atoms. The average molecular weight is 205 g/mol. The second kappa shape index (κ2) is 6.05. The minimum Gasteiger partial charge on any atom is -0.497 e. The molecular formula is C12H15NO2. The number of hydrogen-bond acceptors (Lipinski definition) is 3. The van der Waals surface area contributed by atoms with Crippen molar-refractivity contribution in [3.8, 4) is 11.8 Å². The van der Waals surface area contributed by atoms with Gasteiger partial charge in [-0.3, -0.25) is 0 Å². The molecular weight excluding hydrogens is 190 g/mol. The van der Waals surface area contributed by atoms with Crippen LogP contribution in [0, 0.1) is 11.3 Å². The second-order valence-corrected chi connectivity index (χ2v) is 3.40. The molecule has 0 saturated heterocycles. The highest BCUT2D eigenvalue weighted by Gasteiger charge is 2.03. The molecule has 1 N–H and O–H groups in total. The predicted octanol–water partition coefficient (Wildman–Crippen LogP) is 1.90. The van der Waals surface area contributed by atoms with Crippen molar-refractivity contribution < 1.29 is 9.84 Å². The second-order valence-electron chi connectivity index (χ2n) is 3.40. The van der Waals surface area contributed by atoms with Crippen LogP contribution in [0.5, 0.6) is 5.75 Å². The third kappa shape index (κ3) is 4.01. The lowest BCUT2D eigenvalue weighted by atomic mass is 10.1. The fourth-order valence-electron chi connectivity index (χ4n) is 1.33. The van der Waals surface area contributed by atoms with Gasteiger partial charge in [-0.2, -0.15) is 5.26 Å². The van der Waals surface area contributed by atoms with Crippen LogP contribution in [-0.2, 0) is 6.42 Å². The van der Waals surface area contributed by atoms with E-state index >= 15 is 0 Å². The minimum absolute atomic E-state index is 0.205. The van der Waals surface area contributed by atoms with Crippen LogP contribution in [-0.4, -0.2) is 18.3 Å². The molecule has 0 bridgehead atoms. The summed E-state index contributed by atoms with van der Waals surface area (Å²) < 4.78 is 5.04. The smallest absolute Gasteiger partial charge is 0.118 e. The predicted molar refractivity (Wildman–Crippen MR) is 57.6 cm³/mol. The highest BCUT2D eigenvalue weighted by molar-refractivity contribution is 5.27. The molecule has 80 valence electrons. The maximum atomic E-state index is 9.36. The van der Waals surface area contributed by atoms with Crippen molar-refractivity contribution in [1.29, 1.82) is 5.26 Å². The van der Waals surface area contributed by atoms with Crippen LogP contribution >= 0.6 is 0 Å². The minimum atomic E-state index is -0.517. The number of nitrogens with zero attached hydrogens (tertiary/aromatic N) is 1. The van der Waals surface area contributed by atoms with Gasteiger partial charge >= 0.3 is 0 Å². The van der Waals surface area contributed by atoms with Crippen LogP contribution < -0.4 is 4.74 Å². The Hall–Kier alpha value is -1.53. The Morgan fingerprint density at radius 2 is 2.07 bits per heavy atom. The Bertz CT molecular complexity index is 326. The number of methoxy groups -OCH3 is 1. The molecule has 0 aliphatic heterocycles. The molecule has 3 heteroatoms. The molecule has 3 nitrogen and oxygen atoms in total. The van der Waals surface area contributed by atoms with E-state index in [2.05, 4.69) is 0 Å². The van der Waals surface area contributed by atoms with Crippen LogP contribution in [0.25, 0.3) is 0 Å². The van der Waals surface area contributed by atoms with E-state index in [0.29, 0.717) is 6.42 Å². The zero-order chi connectivity index (χ0) is 11.1. The fourth-order valence-corrected chi connectivity index (χ4v) is 1.33. The Kier molecular flexibility index (Phi) is 4.65. The lowest BCUT2D eigenvalue weighted by Crippen LogP contribution is -2.06. The Labute approximate surface area is 89.9 Å². The number of rotatable bonds is 5. The van der Waals surface area contributed by atoms with Crippen molar-refractivity contribution in [2.75, 3.05) is 7.11 Å². The van der Waals surface area contributed by atoms with Gasteiger partial charge in [0.15, 0.2) is 0 Å². The first-order valence-electron chi connectivity index (χ1n) is 4.94. The SMILES string of the molecule is COc1ccc(CCC(O)CC#N)cc1. The van der Waals surface area contributed by atoms with Gasteiger partial charge in [0.05, 0.1) is 25.7 Å². The molecule has 0 amide bonds. The monoisotopic (exact) mass is 205 g/mol. The summed E-state index contributed by atoms with van der Waals surface area (Å²) in [7, 11) is 1.63. The van der Waals surface area contributed by atoms with Crippen molar-refractivity contribution in [3.05, 3.63) is 29.8 Å². The largest absolute Gasteiger partial charge is 0.497 e. The molecule has 1 rings (SSSR count). The molecule has 0 heterocycles. The van der Waals surface area contributed by atoms with Gasteiger partial charge in [0, 0.05) is 0 Å². The number of nitriles is 1. The molecule has 1 aromatic carbocycles. The number of aliphatic hydroxyl groups is 1. The number of ether oxygens (including phenoxy) is 1. The number of benzene rings is 1. The summed E-state index contributed by atoms with van der Waals surface area (Å²) in [4.78, 5) is 0. The molecule has 0 aliphatic carbocycles. The van der Waals surface area contributed by atoms with Crippen LogP contribution in [0.2, 0.25) is 0 Å². The van der Waals surface area contributed by atoms with Gasteiger partial charge < -0.3 is 9.84 Å². The summed E-state index contributed by atoms with van der Waals surface area (Å²) in [5, 5.41) is 17.7. The Morgan fingerprint density at radius 3 is 2.60 bits per heavy atom. The van der Waals surface area contributed by atoms with Crippen molar-refractivity contribution in [2.45, 2.75) is 25.4 Å². The van der Waals surface area contributed by atoms with Gasteiger partial charge in [-0.1, -0.05) is 12.1 Å². The van der Waals surface area contributed by atoms with Crippen LogP contribution in [0.3, 0.4) is 0 Å². The van der Waals surface area contributed by atoms with Crippen LogP contribution in [0.4, 0.5) is 0 Å². The third-order valence-corrected chi connectivity index (χ3v) is 2.25. The van der Waals surface area contributed by atoms with E-state index in [-0.39, 0.29) is 6.42 Å². The topological polar surface area (TPSA) is 53.2 Å². The average Bonchev–Trinajstić information content (AvgIpc) is 2.27. The zero-order valence-electron chi connectivity index (χ0n) is 8.81. The molecule has 0 aromatic heterocycles. The van der Waals surface area contributed by atoms with E-state index in [1.54, 1.807) is 7.11 Å². The summed E-state index contributed by atoms with van der Waals surface area (Å²) in [5.41, 5.74) is 1.15. The molecule has 0 fully saturated rings. The first-order chi connectivity index (χ1) is 7.26. The van der Waals surface area contributed by atoms with E-state index in [1.807, 2.05) is 30.3 Å². The lowest BCUT2D eigenvalue weighted by molar-refractivity contribution is 0.170. The van der Waals surface area contributed by atoms with Gasteiger partial charge in [0.1, 0.15) is 5.75 Å². The summed E-state index contributed by atoms with van der Waals surface area (Å²) in [6.45, 7) is 0. The molecule has 1 unspecified atom stereocenters. The van der Waals surface area contributed by atoms with E-state index in [0.717, 1.165) is 17.7 Å². The van der Waals surface area contributed by atoms with Gasteiger partial charge in [0.25, 0.3) is 0 Å². The molecule has 1 aromatic rings. The van der Waals surface area contributed by atoms with Gasteiger partial charge in [-0.25, -0.2) is 0 Å². The van der Waals surface area contributed by atoms with E-state index in [4.69, 9.17) is 10.00 Å². The van der Waals surface area contributed by atoms with E-state index in [1.165, 1.54) is 0 Å². The Morgan fingerprint density at radius 1 is 1.40 bits per heavy atom. The number of hydrogen-bond donors (Lipinski definition) is 1. The molecule has 0 spiro atoms. The maximum Gasteiger partial charge on any atom is 0.118 e. The van der Waals surface area contributed by atoms with Crippen LogP contribution in [0.1, 0.15) is 18.4 Å². The molecule has 0 radical (unpaired) electrons. The highest BCUT2D eigenvalue weighted by Crippen LogP contribution is 2.13. The Balaban J connectivity index is 2.41. The lowest BCUT2D eigenvalue weighted by Gasteiger charge is -2.06. The molecule has 0 aliphatic rings. The molecule has 0 saturated carbocycles. The van der Waals surface area contributed by atoms with Gasteiger partial charge in [-0.05, 0) is 30.5 Å². The summed E-state index contributed by atoms with van der Waals surface area (Å²) >= 11 is 0. The number of aliphatic hydroxyl groups excluding tert-OH is 1. The maximum absolute atomic E-state index is 9.36. The molecule has 1 atom stereocenters. The normalized spacial score (nSPS) is 11.8. The van der Waals surface area contributed by atoms with E-state index < -0.39 is 6.10 Å². The third-order valence-electron chi connectivity index (χ3n) is 2.25. The first kappa shape index (κ1) is 11.5. The van der Waals surface area contributed by atoms with Crippen molar-refractivity contribution in [2.24, 2.45) is 0 Å². The van der Waals surface area contributed by atoms with Gasteiger partial charge in [0.2, 0.25) is 0 Å². The van der Waals surface area contributed by atoms with Crippen molar-refractivity contribution in [3.63, 3.8) is 0 Å². The van der Waals surface area contributed by atoms with Crippen LogP contribution in [0.15, 0.2) is 24.3 Å². The summed E-state index contributed by atoms with van der Waals surface area (Å²) in [6, 6.07) is 9.68. The standard InChI is InChI=1S/C12H15NO2/c1-15-12-6-3-10(4-7-12)2-5-11(14)8-9-13/h3-4,6-7,11,14H,2,5,8H2,1H3. The van der Waals surface area contributed by atoms with E-state index in [9.17, 15) is 5.11 Å².